The number of nitrogen functional groups attached to an aromatic ring is 1. The molecule has 0 spiro atoms. The molecule has 19 heavy (non-hydrogen) atoms. The lowest BCUT2D eigenvalue weighted by Crippen LogP contribution is -2.39. The van der Waals surface area contributed by atoms with Crippen molar-refractivity contribution < 1.29 is 4.79 Å². The number of rotatable bonds is 2. The number of anilines is 1. The number of amides is 1. The lowest BCUT2D eigenvalue weighted by molar-refractivity contribution is 0.0679. The van der Waals surface area contributed by atoms with Gasteiger partial charge in [-0.2, -0.15) is 0 Å². The zero-order chi connectivity index (χ0) is 14.0. The first-order chi connectivity index (χ1) is 8.99. The molecule has 1 aromatic carbocycles. The average molecular weight is 325 g/mol. The second-order valence-corrected chi connectivity index (χ2v) is 6.42. The second-order valence-electron chi connectivity index (χ2n) is 5.57. The molecule has 0 unspecified atom stereocenters. The molecule has 0 saturated heterocycles. The van der Waals surface area contributed by atoms with Gasteiger partial charge in [-0.05, 0) is 65.7 Å². The molecular formula is C15H21BrN2O. The maximum absolute atomic E-state index is 12.5. The van der Waals surface area contributed by atoms with Crippen LogP contribution in [0.25, 0.3) is 0 Å². The van der Waals surface area contributed by atoms with E-state index in [1.165, 1.54) is 12.8 Å². The molecule has 0 atom stereocenters. The Kier molecular flexibility index (Phi) is 4.50. The summed E-state index contributed by atoms with van der Waals surface area (Å²) in [6.07, 6.45) is 4.65. The Bertz CT molecular complexity index is 467. The molecule has 1 aromatic rings. The molecule has 1 amide bonds. The van der Waals surface area contributed by atoms with Gasteiger partial charge in [0.05, 0.1) is 0 Å². The predicted molar refractivity (Wildman–Crippen MR) is 82.1 cm³/mol. The Morgan fingerprint density at radius 1 is 1.32 bits per heavy atom. The third kappa shape index (κ3) is 3.30. The topological polar surface area (TPSA) is 46.3 Å². The highest BCUT2D eigenvalue weighted by Gasteiger charge is 2.25. The normalized spacial score (nSPS) is 23.1. The van der Waals surface area contributed by atoms with Gasteiger partial charge in [0, 0.05) is 28.8 Å². The van der Waals surface area contributed by atoms with Crippen LogP contribution in [0.1, 0.15) is 43.0 Å². The van der Waals surface area contributed by atoms with Crippen LogP contribution < -0.4 is 5.73 Å². The summed E-state index contributed by atoms with van der Waals surface area (Å²) in [5.41, 5.74) is 7.11. The maximum atomic E-state index is 12.5. The molecule has 2 N–H and O–H groups in total. The largest absolute Gasteiger partial charge is 0.398 e. The van der Waals surface area contributed by atoms with Crippen LogP contribution in [-0.2, 0) is 0 Å². The Balaban J connectivity index is 2.08. The monoisotopic (exact) mass is 324 g/mol. The number of nitrogens with two attached hydrogens (primary N) is 1. The summed E-state index contributed by atoms with van der Waals surface area (Å²) in [6, 6.07) is 5.75. The van der Waals surface area contributed by atoms with Crippen molar-refractivity contribution in [1.82, 2.24) is 4.90 Å². The van der Waals surface area contributed by atoms with Crippen molar-refractivity contribution in [3.63, 3.8) is 0 Å². The van der Waals surface area contributed by atoms with Gasteiger partial charge in [-0.15, -0.1) is 0 Å². The zero-order valence-corrected chi connectivity index (χ0v) is 13.1. The highest BCUT2D eigenvalue weighted by atomic mass is 79.9. The number of hydrogen-bond donors (Lipinski definition) is 1. The van der Waals surface area contributed by atoms with E-state index in [9.17, 15) is 4.79 Å². The van der Waals surface area contributed by atoms with Gasteiger partial charge in [-0.1, -0.05) is 6.92 Å². The first-order valence-corrected chi connectivity index (χ1v) is 7.60. The maximum Gasteiger partial charge on any atom is 0.253 e. The molecule has 104 valence electrons. The minimum atomic E-state index is 0.0836. The molecule has 0 heterocycles. The first kappa shape index (κ1) is 14.4. The number of benzene rings is 1. The summed E-state index contributed by atoms with van der Waals surface area (Å²) in [5, 5.41) is 0. The lowest BCUT2D eigenvalue weighted by atomic mass is 9.86. The summed E-state index contributed by atoms with van der Waals surface area (Å²) in [6.45, 7) is 2.29. The number of carbonyl (C=O) groups is 1. The van der Waals surface area contributed by atoms with Gasteiger partial charge in [-0.3, -0.25) is 4.79 Å². The van der Waals surface area contributed by atoms with Crippen LogP contribution in [0.4, 0.5) is 5.69 Å². The third-order valence-electron chi connectivity index (χ3n) is 4.10. The highest BCUT2D eigenvalue weighted by Crippen LogP contribution is 2.28. The van der Waals surface area contributed by atoms with Crippen LogP contribution in [0.2, 0.25) is 0 Å². The minimum absolute atomic E-state index is 0.0836. The van der Waals surface area contributed by atoms with Gasteiger partial charge < -0.3 is 10.6 Å². The van der Waals surface area contributed by atoms with Crippen LogP contribution in [0.5, 0.6) is 0 Å². The van der Waals surface area contributed by atoms with Crippen molar-refractivity contribution in [2.75, 3.05) is 12.8 Å². The fraction of sp³-hybridized carbons (Fsp3) is 0.533. The average Bonchev–Trinajstić information content (AvgIpc) is 2.41. The summed E-state index contributed by atoms with van der Waals surface area (Å²) < 4.78 is 0.781. The zero-order valence-electron chi connectivity index (χ0n) is 11.5. The van der Waals surface area contributed by atoms with Crippen LogP contribution in [-0.4, -0.2) is 23.9 Å². The van der Waals surface area contributed by atoms with Gasteiger partial charge in [0.15, 0.2) is 0 Å². The molecule has 4 heteroatoms. The summed E-state index contributed by atoms with van der Waals surface area (Å²) in [7, 11) is 1.91. The summed E-state index contributed by atoms with van der Waals surface area (Å²) in [5.74, 6) is 0.880. The smallest absolute Gasteiger partial charge is 0.253 e. The standard InChI is InChI=1S/C15H21BrN2O/c1-10-3-6-12(7-4-10)18(2)15(19)11-5-8-14(17)13(16)9-11/h5,8-10,12H,3-4,6-7,17H2,1-2H3. The molecule has 0 aromatic heterocycles. The molecule has 1 fully saturated rings. The number of nitrogens with zero attached hydrogens (tertiary/aromatic N) is 1. The molecule has 0 bridgehead atoms. The fourth-order valence-corrected chi connectivity index (χ4v) is 3.04. The van der Waals surface area contributed by atoms with E-state index >= 15 is 0 Å². The van der Waals surface area contributed by atoms with Gasteiger partial charge in [0.2, 0.25) is 0 Å². The van der Waals surface area contributed by atoms with Gasteiger partial charge >= 0.3 is 0 Å². The van der Waals surface area contributed by atoms with Crippen LogP contribution in [0, 0.1) is 5.92 Å². The van der Waals surface area contributed by atoms with Crippen molar-refractivity contribution in [1.29, 1.82) is 0 Å². The molecule has 0 aliphatic heterocycles. The fourth-order valence-electron chi connectivity index (χ4n) is 2.66. The number of halogens is 1. The predicted octanol–water partition coefficient (Wildman–Crippen LogP) is 3.68. The minimum Gasteiger partial charge on any atom is -0.398 e. The number of carbonyl (C=O) groups excluding carboxylic acids is 1. The van der Waals surface area contributed by atoms with Crippen LogP contribution >= 0.6 is 15.9 Å². The SMILES string of the molecule is CC1CCC(N(C)C(=O)c2ccc(N)c(Br)c2)CC1. The Morgan fingerprint density at radius 3 is 2.53 bits per heavy atom. The summed E-state index contributed by atoms with van der Waals surface area (Å²) >= 11 is 3.37. The quantitative estimate of drug-likeness (QED) is 0.843. The lowest BCUT2D eigenvalue weighted by Gasteiger charge is -2.33. The van der Waals surface area contributed by atoms with E-state index in [0.29, 0.717) is 17.3 Å². The molecule has 3 nitrogen and oxygen atoms in total. The first-order valence-electron chi connectivity index (χ1n) is 6.81. The van der Waals surface area contributed by atoms with Gasteiger partial charge in [0.25, 0.3) is 5.91 Å². The van der Waals surface area contributed by atoms with Crippen LogP contribution in [0.15, 0.2) is 22.7 Å². The Morgan fingerprint density at radius 2 is 1.95 bits per heavy atom. The van der Waals surface area contributed by atoms with E-state index in [1.54, 1.807) is 18.2 Å². The van der Waals surface area contributed by atoms with E-state index in [4.69, 9.17) is 5.73 Å². The van der Waals surface area contributed by atoms with E-state index in [1.807, 2.05) is 11.9 Å². The molecule has 1 saturated carbocycles. The summed E-state index contributed by atoms with van der Waals surface area (Å²) in [4.78, 5) is 14.3. The second kappa shape index (κ2) is 5.95. The van der Waals surface area contributed by atoms with Crippen molar-refractivity contribution in [2.45, 2.75) is 38.6 Å². The van der Waals surface area contributed by atoms with E-state index in [2.05, 4.69) is 22.9 Å². The van der Waals surface area contributed by atoms with Crippen molar-refractivity contribution >= 4 is 27.5 Å². The Labute approximate surface area is 123 Å². The molecule has 2 rings (SSSR count). The van der Waals surface area contributed by atoms with E-state index in [0.717, 1.165) is 23.2 Å². The van der Waals surface area contributed by atoms with Crippen molar-refractivity contribution in [2.24, 2.45) is 5.92 Å². The molecule has 0 radical (unpaired) electrons. The molecular weight excluding hydrogens is 304 g/mol. The van der Waals surface area contributed by atoms with Gasteiger partial charge in [-0.25, -0.2) is 0 Å². The van der Waals surface area contributed by atoms with Gasteiger partial charge in [0.1, 0.15) is 0 Å². The molecule has 1 aliphatic carbocycles. The highest BCUT2D eigenvalue weighted by molar-refractivity contribution is 9.10. The van der Waals surface area contributed by atoms with E-state index < -0.39 is 0 Å². The number of hydrogen-bond acceptors (Lipinski definition) is 2. The van der Waals surface area contributed by atoms with E-state index in [-0.39, 0.29) is 5.91 Å². The van der Waals surface area contributed by atoms with Crippen molar-refractivity contribution in [3.05, 3.63) is 28.2 Å². The third-order valence-corrected chi connectivity index (χ3v) is 4.79. The van der Waals surface area contributed by atoms with Crippen LogP contribution in [0.3, 0.4) is 0 Å². The Hall–Kier alpha value is -1.03. The van der Waals surface area contributed by atoms with Crippen molar-refractivity contribution in [3.8, 4) is 0 Å². The molecule has 1 aliphatic rings.